The SMILES string of the molecule is COc1cc(C)c(S(=O)(=O)N2CCn3cccc3C2C(=O)CN2CCC3(CCN(C4CC4)C3)C2)c(C)c1. The highest BCUT2D eigenvalue weighted by Crippen LogP contribution is 2.44. The van der Waals surface area contributed by atoms with E-state index in [0.717, 1.165) is 37.8 Å². The van der Waals surface area contributed by atoms with Crippen LogP contribution in [0.3, 0.4) is 0 Å². The van der Waals surface area contributed by atoms with Crippen molar-refractivity contribution in [3.05, 3.63) is 47.3 Å². The summed E-state index contributed by atoms with van der Waals surface area (Å²) >= 11 is 0. The molecule has 3 aliphatic heterocycles. The summed E-state index contributed by atoms with van der Waals surface area (Å²) in [5.41, 5.74) is 2.32. The summed E-state index contributed by atoms with van der Waals surface area (Å²) in [7, 11) is -2.33. The summed E-state index contributed by atoms with van der Waals surface area (Å²) in [6.07, 6.45) is 6.93. The average molecular weight is 527 g/mol. The van der Waals surface area contributed by atoms with Crippen LogP contribution in [-0.2, 0) is 21.4 Å². The number of hydrogen-bond donors (Lipinski definition) is 0. The van der Waals surface area contributed by atoms with Crippen molar-refractivity contribution in [1.82, 2.24) is 18.7 Å². The molecule has 6 rings (SSSR count). The number of carbonyl (C=O) groups excluding carboxylic acids is 1. The van der Waals surface area contributed by atoms with Gasteiger partial charge in [0.2, 0.25) is 10.0 Å². The van der Waals surface area contributed by atoms with Crippen molar-refractivity contribution in [2.24, 2.45) is 5.41 Å². The third-order valence-electron chi connectivity index (χ3n) is 8.96. The molecule has 1 aliphatic carbocycles. The maximum atomic E-state index is 14.1. The molecule has 4 heterocycles. The summed E-state index contributed by atoms with van der Waals surface area (Å²) < 4.78 is 37.1. The summed E-state index contributed by atoms with van der Waals surface area (Å²) in [5, 5.41) is 0. The van der Waals surface area contributed by atoms with Crippen LogP contribution >= 0.6 is 0 Å². The van der Waals surface area contributed by atoms with E-state index in [0.29, 0.717) is 28.8 Å². The molecule has 1 saturated carbocycles. The number of hydrogen-bond acceptors (Lipinski definition) is 6. The minimum atomic E-state index is -3.91. The lowest BCUT2D eigenvalue weighted by Gasteiger charge is -2.36. The van der Waals surface area contributed by atoms with Gasteiger partial charge in [0.15, 0.2) is 5.78 Å². The monoisotopic (exact) mass is 526 g/mol. The maximum absolute atomic E-state index is 14.1. The number of ether oxygens (including phenoxy) is 1. The lowest BCUT2D eigenvalue weighted by Crippen LogP contribution is -2.47. The Hall–Kier alpha value is -2.20. The number of methoxy groups -OCH3 is 1. The third kappa shape index (κ3) is 4.43. The van der Waals surface area contributed by atoms with Crippen LogP contribution in [0.15, 0.2) is 35.4 Å². The maximum Gasteiger partial charge on any atom is 0.244 e. The molecule has 0 N–H and O–H groups in total. The highest BCUT2D eigenvalue weighted by molar-refractivity contribution is 7.89. The number of sulfonamides is 1. The number of likely N-dealkylation sites (tertiary alicyclic amines) is 2. The van der Waals surface area contributed by atoms with Crippen molar-refractivity contribution in [3.63, 3.8) is 0 Å². The van der Waals surface area contributed by atoms with Crippen LogP contribution in [0.2, 0.25) is 0 Å². The number of ketones is 1. The summed E-state index contributed by atoms with van der Waals surface area (Å²) in [6.45, 7) is 8.83. The Balaban J connectivity index is 1.26. The highest BCUT2D eigenvalue weighted by Gasteiger charge is 2.48. The van der Waals surface area contributed by atoms with Gasteiger partial charge in [-0.3, -0.25) is 14.6 Å². The van der Waals surface area contributed by atoms with Gasteiger partial charge in [-0.25, -0.2) is 8.42 Å². The molecular formula is C28H38N4O4S. The van der Waals surface area contributed by atoms with Gasteiger partial charge in [0, 0.05) is 44.1 Å². The van der Waals surface area contributed by atoms with E-state index in [9.17, 15) is 13.2 Å². The van der Waals surface area contributed by atoms with Gasteiger partial charge in [0.25, 0.3) is 0 Å². The number of nitrogens with zero attached hydrogens (tertiary/aromatic N) is 4. The molecule has 2 aromatic rings. The van der Waals surface area contributed by atoms with Gasteiger partial charge < -0.3 is 9.30 Å². The van der Waals surface area contributed by atoms with Crippen LogP contribution in [0, 0.1) is 19.3 Å². The fourth-order valence-electron chi connectivity index (χ4n) is 7.02. The van der Waals surface area contributed by atoms with E-state index in [1.54, 1.807) is 33.1 Å². The second-order valence-electron chi connectivity index (χ2n) is 11.6. The third-order valence-corrected chi connectivity index (χ3v) is 11.1. The molecule has 8 nitrogen and oxygen atoms in total. The molecule has 2 unspecified atom stereocenters. The molecule has 2 saturated heterocycles. The van der Waals surface area contributed by atoms with E-state index in [1.807, 2.05) is 22.9 Å². The zero-order valence-electron chi connectivity index (χ0n) is 22.1. The summed E-state index contributed by atoms with van der Waals surface area (Å²) in [6, 6.07) is 7.27. The Labute approximate surface area is 220 Å². The van der Waals surface area contributed by atoms with Gasteiger partial charge >= 0.3 is 0 Å². The molecular weight excluding hydrogens is 488 g/mol. The van der Waals surface area contributed by atoms with Crippen LogP contribution < -0.4 is 4.74 Å². The lowest BCUT2D eigenvalue weighted by molar-refractivity contribution is -0.124. The molecule has 1 aromatic heterocycles. The topological polar surface area (TPSA) is 75.1 Å². The predicted octanol–water partition coefficient (Wildman–Crippen LogP) is 2.99. The molecule has 2 atom stereocenters. The van der Waals surface area contributed by atoms with Crippen LogP contribution in [-0.4, -0.2) is 85.3 Å². The Morgan fingerprint density at radius 3 is 2.49 bits per heavy atom. The van der Waals surface area contributed by atoms with Crippen molar-refractivity contribution in [3.8, 4) is 5.75 Å². The first-order chi connectivity index (χ1) is 17.7. The van der Waals surface area contributed by atoms with Gasteiger partial charge in [-0.05, 0) is 93.4 Å². The van der Waals surface area contributed by atoms with Crippen LogP contribution in [0.5, 0.6) is 5.75 Å². The molecule has 3 fully saturated rings. The molecule has 0 bridgehead atoms. The van der Waals surface area contributed by atoms with E-state index < -0.39 is 16.1 Å². The van der Waals surface area contributed by atoms with Crippen molar-refractivity contribution in [1.29, 1.82) is 0 Å². The summed E-state index contributed by atoms with van der Waals surface area (Å²) in [5.74, 6) is 0.588. The molecule has 1 aromatic carbocycles. The van der Waals surface area contributed by atoms with Crippen molar-refractivity contribution >= 4 is 15.8 Å². The minimum Gasteiger partial charge on any atom is -0.497 e. The number of rotatable bonds is 7. The van der Waals surface area contributed by atoms with Gasteiger partial charge in [-0.2, -0.15) is 4.31 Å². The zero-order chi connectivity index (χ0) is 25.9. The fraction of sp³-hybridized carbons (Fsp3) is 0.607. The molecule has 1 spiro atoms. The quantitative estimate of drug-likeness (QED) is 0.552. The molecule has 9 heteroatoms. The van der Waals surface area contributed by atoms with E-state index in [-0.39, 0.29) is 23.8 Å². The van der Waals surface area contributed by atoms with Crippen LogP contribution in [0.25, 0.3) is 0 Å². The number of benzene rings is 1. The number of fused-ring (bicyclic) bond motifs is 1. The van der Waals surface area contributed by atoms with Gasteiger partial charge in [-0.15, -0.1) is 0 Å². The minimum absolute atomic E-state index is 0.0406. The van der Waals surface area contributed by atoms with Crippen molar-refractivity contribution in [2.45, 2.75) is 63.1 Å². The van der Waals surface area contributed by atoms with Crippen molar-refractivity contribution < 1.29 is 17.9 Å². The summed E-state index contributed by atoms with van der Waals surface area (Å²) in [4.78, 5) is 19.2. The number of Topliss-reactive ketones (excluding diaryl/α,β-unsaturated/α-hetero) is 1. The Bertz CT molecular complexity index is 1290. The molecule has 200 valence electrons. The Kier molecular flexibility index (Phi) is 6.25. The number of carbonyl (C=O) groups is 1. The Morgan fingerprint density at radius 2 is 1.78 bits per heavy atom. The first-order valence-corrected chi connectivity index (χ1v) is 15.0. The second-order valence-corrected chi connectivity index (χ2v) is 13.4. The predicted molar refractivity (Wildman–Crippen MR) is 141 cm³/mol. The fourth-order valence-corrected chi connectivity index (χ4v) is 9.01. The van der Waals surface area contributed by atoms with Gasteiger partial charge in [0.1, 0.15) is 11.8 Å². The Morgan fingerprint density at radius 1 is 1.05 bits per heavy atom. The standard InChI is InChI=1S/C28H38N4O4S/c1-20-15-23(36-3)16-21(2)27(20)37(34,35)32-14-13-30-10-4-5-24(30)26(32)25(33)17-29-11-8-28(18-29)9-12-31(19-28)22-6-7-22/h4-5,10,15-16,22,26H,6-9,11-14,17-19H2,1-3H3. The van der Waals surface area contributed by atoms with E-state index in [2.05, 4.69) is 9.80 Å². The van der Waals surface area contributed by atoms with Crippen molar-refractivity contribution in [2.75, 3.05) is 46.4 Å². The molecule has 37 heavy (non-hydrogen) atoms. The van der Waals surface area contributed by atoms with Gasteiger partial charge in [-0.1, -0.05) is 0 Å². The highest BCUT2D eigenvalue weighted by atomic mass is 32.2. The van der Waals surface area contributed by atoms with Gasteiger partial charge in [0.05, 0.1) is 18.6 Å². The lowest BCUT2D eigenvalue weighted by atomic mass is 9.86. The van der Waals surface area contributed by atoms with E-state index >= 15 is 0 Å². The molecule has 4 aliphatic rings. The number of aromatic nitrogens is 1. The molecule has 0 amide bonds. The number of aryl methyl sites for hydroxylation is 2. The second kappa shape index (κ2) is 9.22. The van der Waals surface area contributed by atoms with Crippen LogP contribution in [0.1, 0.15) is 48.5 Å². The van der Waals surface area contributed by atoms with E-state index in [4.69, 9.17) is 4.74 Å². The normalized spacial score (nSPS) is 27.2. The smallest absolute Gasteiger partial charge is 0.244 e. The zero-order valence-corrected chi connectivity index (χ0v) is 23.0. The average Bonchev–Trinajstić information content (AvgIpc) is 3.26. The van der Waals surface area contributed by atoms with Crippen LogP contribution in [0.4, 0.5) is 0 Å². The first kappa shape index (κ1) is 25.1. The van der Waals surface area contributed by atoms with E-state index in [1.165, 1.54) is 30.1 Å². The first-order valence-electron chi connectivity index (χ1n) is 13.5. The largest absolute Gasteiger partial charge is 0.497 e. The molecule has 0 radical (unpaired) electrons.